The fourth-order valence-electron chi connectivity index (χ4n) is 4.07. The molecule has 0 aromatic heterocycles. The molecular weight excluding hydrogens is 444 g/mol. The first-order chi connectivity index (χ1) is 15.9. The third-order valence-electron chi connectivity index (χ3n) is 5.70. The van der Waals surface area contributed by atoms with Gasteiger partial charge in [-0.2, -0.15) is 0 Å². The van der Waals surface area contributed by atoms with Crippen molar-refractivity contribution in [2.75, 3.05) is 77.2 Å². The van der Waals surface area contributed by atoms with E-state index in [1.807, 2.05) is 0 Å². The molecule has 12 heteroatoms. The molecule has 33 heavy (non-hydrogen) atoms. The van der Waals surface area contributed by atoms with Crippen molar-refractivity contribution in [3.05, 3.63) is 0 Å². The van der Waals surface area contributed by atoms with Gasteiger partial charge in [0.2, 0.25) is 0 Å². The quantitative estimate of drug-likeness (QED) is 0.403. The maximum atomic E-state index is 10.0. The zero-order chi connectivity index (χ0) is 25.0. The number of rotatable bonds is 11. The minimum atomic E-state index is -0.804. The molecule has 0 spiro atoms. The van der Waals surface area contributed by atoms with E-state index in [9.17, 15) is 5.11 Å². The van der Waals surface area contributed by atoms with Gasteiger partial charge in [-0.25, -0.2) is 0 Å². The number of hydrogen-bond donors (Lipinski definition) is 1. The van der Waals surface area contributed by atoms with E-state index in [0.29, 0.717) is 6.61 Å². The Morgan fingerprint density at radius 2 is 0.879 bits per heavy atom. The molecule has 2 fully saturated rings. The average molecular weight is 487 g/mol. The summed E-state index contributed by atoms with van der Waals surface area (Å²) in [5, 5.41) is 10.0. The van der Waals surface area contributed by atoms with Crippen LogP contribution in [0.3, 0.4) is 0 Å². The highest BCUT2D eigenvalue weighted by Crippen LogP contribution is 2.28. The number of methoxy groups -OCH3 is 9. The molecule has 2 saturated heterocycles. The summed E-state index contributed by atoms with van der Waals surface area (Å²) in [6, 6.07) is 0. The molecule has 0 unspecified atom stereocenters. The van der Waals surface area contributed by atoms with Gasteiger partial charge in [0.1, 0.15) is 48.8 Å². The fraction of sp³-hybridized carbons (Fsp3) is 1.00. The van der Waals surface area contributed by atoms with E-state index in [1.165, 1.54) is 21.3 Å². The topological polar surface area (TPSA) is 122 Å². The van der Waals surface area contributed by atoms with E-state index in [-0.39, 0.29) is 31.0 Å². The highest BCUT2D eigenvalue weighted by Gasteiger charge is 2.47. The van der Waals surface area contributed by atoms with Crippen molar-refractivity contribution in [1.82, 2.24) is 0 Å². The number of aliphatic hydroxyl groups excluding tert-OH is 1. The SMILES string of the molecule is COC[C@H]1O[C@@H](OC)[C@H](OC)[C@@H](OC)[C@@H]1O.COC[C@H]1O[C@@H](OC)[C@H](OC)[C@@H](OC)[C@@H]1OC. The second-order valence-electron chi connectivity index (χ2n) is 7.46. The van der Waals surface area contributed by atoms with Crippen molar-refractivity contribution in [3.8, 4) is 0 Å². The molecule has 0 aliphatic carbocycles. The lowest BCUT2D eigenvalue weighted by Gasteiger charge is -2.44. The summed E-state index contributed by atoms with van der Waals surface area (Å²) in [6.07, 6.45) is -4.39. The first-order valence-corrected chi connectivity index (χ1v) is 10.6. The van der Waals surface area contributed by atoms with Gasteiger partial charge in [-0.3, -0.25) is 0 Å². The molecule has 2 aliphatic heterocycles. The molecule has 1 N–H and O–H groups in total. The molecule has 2 aliphatic rings. The summed E-state index contributed by atoms with van der Waals surface area (Å²) >= 11 is 0. The predicted molar refractivity (Wildman–Crippen MR) is 115 cm³/mol. The van der Waals surface area contributed by atoms with Crippen LogP contribution in [-0.2, 0) is 52.1 Å². The molecular formula is C21H42O12. The summed E-state index contributed by atoms with van der Waals surface area (Å²) < 4.78 is 58.4. The second-order valence-corrected chi connectivity index (χ2v) is 7.46. The summed E-state index contributed by atoms with van der Waals surface area (Å²) in [5.74, 6) is 0. The predicted octanol–water partition coefficient (Wildman–Crippen LogP) is -0.556. The zero-order valence-electron chi connectivity index (χ0n) is 21.1. The monoisotopic (exact) mass is 486 g/mol. The van der Waals surface area contributed by atoms with Gasteiger partial charge in [0, 0.05) is 64.0 Å². The molecule has 0 bridgehead atoms. The molecule has 198 valence electrons. The maximum Gasteiger partial charge on any atom is 0.186 e. The molecule has 0 saturated carbocycles. The molecule has 0 amide bonds. The first kappa shape index (κ1) is 30.6. The maximum absolute atomic E-state index is 10.0. The first-order valence-electron chi connectivity index (χ1n) is 10.6. The van der Waals surface area contributed by atoms with E-state index in [0.717, 1.165) is 0 Å². The van der Waals surface area contributed by atoms with Gasteiger partial charge in [-0.1, -0.05) is 0 Å². The molecule has 2 rings (SSSR count). The van der Waals surface area contributed by atoms with Crippen LogP contribution in [0, 0.1) is 0 Å². The Hall–Kier alpha value is -0.480. The Balaban J connectivity index is 0.000000331. The van der Waals surface area contributed by atoms with Crippen molar-refractivity contribution < 1.29 is 57.2 Å². The van der Waals surface area contributed by atoms with Crippen LogP contribution in [0.5, 0.6) is 0 Å². The lowest BCUT2D eigenvalue weighted by molar-refractivity contribution is -0.307. The molecule has 2 heterocycles. The van der Waals surface area contributed by atoms with E-state index >= 15 is 0 Å². The fourth-order valence-corrected chi connectivity index (χ4v) is 4.07. The number of ether oxygens (including phenoxy) is 11. The average Bonchev–Trinajstić information content (AvgIpc) is 2.84. The highest BCUT2D eigenvalue weighted by atomic mass is 16.7. The van der Waals surface area contributed by atoms with E-state index in [1.54, 1.807) is 42.7 Å². The summed E-state index contributed by atoms with van der Waals surface area (Å²) in [7, 11) is 14.1. The third kappa shape index (κ3) is 7.75. The zero-order valence-corrected chi connectivity index (χ0v) is 21.1. The van der Waals surface area contributed by atoms with E-state index < -0.39 is 37.0 Å². The molecule has 12 nitrogen and oxygen atoms in total. The van der Waals surface area contributed by atoms with Crippen LogP contribution in [0.1, 0.15) is 0 Å². The molecule has 10 atom stereocenters. The van der Waals surface area contributed by atoms with Crippen LogP contribution in [-0.4, -0.2) is 144 Å². The van der Waals surface area contributed by atoms with Crippen LogP contribution in [0.2, 0.25) is 0 Å². The van der Waals surface area contributed by atoms with Gasteiger partial charge in [0.25, 0.3) is 0 Å². The van der Waals surface area contributed by atoms with Crippen molar-refractivity contribution in [2.45, 2.75) is 61.4 Å². The van der Waals surface area contributed by atoms with Gasteiger partial charge < -0.3 is 57.2 Å². The van der Waals surface area contributed by atoms with Crippen LogP contribution in [0.25, 0.3) is 0 Å². The molecule has 0 aromatic rings. The second kappa shape index (κ2) is 16.2. The largest absolute Gasteiger partial charge is 0.387 e. The van der Waals surface area contributed by atoms with Crippen LogP contribution < -0.4 is 0 Å². The van der Waals surface area contributed by atoms with Crippen LogP contribution >= 0.6 is 0 Å². The van der Waals surface area contributed by atoms with Crippen molar-refractivity contribution >= 4 is 0 Å². The van der Waals surface area contributed by atoms with Gasteiger partial charge in [-0.05, 0) is 0 Å². The Kier molecular flexibility index (Phi) is 15.0. The van der Waals surface area contributed by atoms with Gasteiger partial charge in [-0.15, -0.1) is 0 Å². The lowest BCUT2D eigenvalue weighted by Crippen LogP contribution is -2.61. The van der Waals surface area contributed by atoms with Crippen molar-refractivity contribution in [1.29, 1.82) is 0 Å². The third-order valence-corrected chi connectivity index (χ3v) is 5.70. The summed E-state index contributed by atoms with van der Waals surface area (Å²) in [6.45, 7) is 0.686. The highest BCUT2D eigenvalue weighted by molar-refractivity contribution is 4.92. The normalized spacial score (nSPS) is 39.1. The Morgan fingerprint density at radius 1 is 0.485 bits per heavy atom. The van der Waals surface area contributed by atoms with E-state index in [2.05, 4.69) is 0 Å². The summed E-state index contributed by atoms with van der Waals surface area (Å²) in [5.41, 5.74) is 0. The minimum Gasteiger partial charge on any atom is -0.387 e. The van der Waals surface area contributed by atoms with Gasteiger partial charge >= 0.3 is 0 Å². The Bertz CT molecular complexity index is 498. The summed E-state index contributed by atoms with van der Waals surface area (Å²) in [4.78, 5) is 0. The number of aliphatic hydroxyl groups is 1. The Morgan fingerprint density at radius 3 is 1.27 bits per heavy atom. The van der Waals surface area contributed by atoms with E-state index in [4.69, 9.17) is 52.1 Å². The van der Waals surface area contributed by atoms with Crippen molar-refractivity contribution in [3.63, 3.8) is 0 Å². The minimum absolute atomic E-state index is 0.244. The number of hydrogen-bond acceptors (Lipinski definition) is 12. The molecule has 0 aromatic carbocycles. The standard InChI is InChI=1S/C11H22O6.C10H20O6/c1-12-6-7-8(13-2)9(14-3)10(15-4)11(16-5)17-7;1-12-5-6-7(11)8(13-2)9(14-3)10(15-4)16-6/h7-11H,6H2,1-5H3;6-11H,5H2,1-4H3/t7-,8-,9+,10-,11-;6-,7-,8+,9-,10-/m11/s1. The van der Waals surface area contributed by atoms with Gasteiger partial charge in [0.15, 0.2) is 12.6 Å². The molecule has 0 radical (unpaired) electrons. The van der Waals surface area contributed by atoms with Crippen molar-refractivity contribution in [2.24, 2.45) is 0 Å². The lowest BCUT2D eigenvalue weighted by atomic mass is 9.98. The van der Waals surface area contributed by atoms with Crippen LogP contribution in [0.15, 0.2) is 0 Å². The van der Waals surface area contributed by atoms with Crippen LogP contribution in [0.4, 0.5) is 0 Å². The smallest absolute Gasteiger partial charge is 0.186 e. The Labute approximate surface area is 196 Å². The van der Waals surface area contributed by atoms with Gasteiger partial charge in [0.05, 0.1) is 13.2 Å².